The molecule has 0 bridgehead atoms. The molecule has 0 atom stereocenters. The molecular weight excluding hydrogens is 640 g/mol. The lowest BCUT2D eigenvalue weighted by atomic mass is 10.1. The number of ether oxygens (including phenoxy) is 5. The Morgan fingerprint density at radius 2 is 0.765 bits per heavy atom. The van der Waals surface area contributed by atoms with Gasteiger partial charge in [-0.15, -0.1) is 0 Å². The first-order valence-electron chi connectivity index (χ1n) is 19.7. The van der Waals surface area contributed by atoms with Crippen LogP contribution in [0.1, 0.15) is 157 Å². The summed E-state index contributed by atoms with van der Waals surface area (Å²) in [5.74, 6) is 1.62. The van der Waals surface area contributed by atoms with Crippen LogP contribution in [0.3, 0.4) is 0 Å². The molecule has 3 aromatic rings. The van der Waals surface area contributed by atoms with Crippen LogP contribution in [0.15, 0.2) is 66.7 Å². The molecule has 0 unspecified atom stereocenters. The molecule has 0 heterocycles. The molecule has 7 nitrogen and oxygen atoms in total. The van der Waals surface area contributed by atoms with Crippen molar-refractivity contribution < 1.29 is 33.3 Å². The van der Waals surface area contributed by atoms with Gasteiger partial charge in [-0.2, -0.15) is 0 Å². The Morgan fingerprint density at radius 3 is 1.27 bits per heavy atom. The lowest BCUT2D eigenvalue weighted by molar-refractivity contribution is 0.0719. The minimum Gasteiger partial charge on any atom is -0.494 e. The second-order valence-corrected chi connectivity index (χ2v) is 13.3. The number of hydrogen-bond donors (Lipinski definition) is 0. The quantitative estimate of drug-likeness (QED) is 0.0423. The van der Waals surface area contributed by atoms with E-state index in [9.17, 15) is 9.59 Å². The van der Waals surface area contributed by atoms with Gasteiger partial charge in [0.1, 0.15) is 17.2 Å². The Balaban J connectivity index is 1.43. The molecule has 0 saturated carbocycles. The molecular formula is C44H62O7. The molecule has 0 aromatic heterocycles. The molecule has 0 aliphatic heterocycles. The van der Waals surface area contributed by atoms with E-state index in [4.69, 9.17) is 23.7 Å². The highest BCUT2D eigenvalue weighted by molar-refractivity contribution is 5.92. The van der Waals surface area contributed by atoms with Gasteiger partial charge in [-0.1, -0.05) is 117 Å². The molecule has 0 aliphatic rings. The third-order valence-corrected chi connectivity index (χ3v) is 8.79. The van der Waals surface area contributed by atoms with Gasteiger partial charge in [0.2, 0.25) is 0 Å². The third-order valence-electron chi connectivity index (χ3n) is 8.79. The summed E-state index contributed by atoms with van der Waals surface area (Å²) >= 11 is 0. The van der Waals surface area contributed by atoms with Crippen LogP contribution >= 0.6 is 0 Å². The molecule has 7 heteroatoms. The van der Waals surface area contributed by atoms with Crippen molar-refractivity contribution in [3.05, 3.63) is 77.9 Å². The van der Waals surface area contributed by atoms with Gasteiger partial charge < -0.3 is 23.7 Å². The Morgan fingerprint density at radius 1 is 0.392 bits per heavy atom. The van der Waals surface area contributed by atoms with Crippen LogP contribution in [-0.4, -0.2) is 31.8 Å². The summed E-state index contributed by atoms with van der Waals surface area (Å²) < 4.78 is 29.1. The summed E-state index contributed by atoms with van der Waals surface area (Å²) in [5.41, 5.74) is 0.789. The second-order valence-electron chi connectivity index (χ2n) is 13.3. The van der Waals surface area contributed by atoms with Crippen molar-refractivity contribution in [3.63, 3.8) is 0 Å². The molecule has 0 radical (unpaired) electrons. The summed E-state index contributed by atoms with van der Waals surface area (Å²) in [5, 5.41) is 0. The standard InChI is InChI=1S/C44H62O7/c1-4-7-10-13-14-15-16-17-18-21-32-47-38-25-22-36(23-26-38)43(45)50-39-27-29-40(30-28-39)51-44(46)37-24-31-41(48-33-19-11-8-5-2)42(35-37)49-34-20-12-9-6-3/h22-31,35H,4-21,32-34H2,1-3H3. The molecule has 0 N–H and O–H groups in total. The smallest absolute Gasteiger partial charge is 0.343 e. The highest BCUT2D eigenvalue weighted by Gasteiger charge is 2.15. The molecule has 3 rings (SSSR count). The van der Waals surface area contributed by atoms with Crippen molar-refractivity contribution in [3.8, 4) is 28.7 Å². The summed E-state index contributed by atoms with van der Waals surface area (Å²) in [7, 11) is 0. The normalized spacial score (nSPS) is 10.9. The lowest BCUT2D eigenvalue weighted by Gasteiger charge is -2.14. The lowest BCUT2D eigenvalue weighted by Crippen LogP contribution is -2.10. The fourth-order valence-electron chi connectivity index (χ4n) is 5.66. The van der Waals surface area contributed by atoms with E-state index in [0.717, 1.165) is 50.7 Å². The maximum atomic E-state index is 13.1. The Bertz CT molecular complexity index is 1370. The topological polar surface area (TPSA) is 80.3 Å². The Kier molecular flexibility index (Phi) is 21.0. The van der Waals surface area contributed by atoms with Crippen LogP contribution < -0.4 is 23.7 Å². The van der Waals surface area contributed by atoms with Crippen molar-refractivity contribution >= 4 is 11.9 Å². The number of carbonyl (C=O) groups excluding carboxylic acids is 2. The first-order valence-corrected chi connectivity index (χ1v) is 19.7. The first kappa shape index (κ1) is 41.4. The van der Waals surface area contributed by atoms with Crippen LogP contribution in [0.2, 0.25) is 0 Å². The predicted molar refractivity (Wildman–Crippen MR) is 206 cm³/mol. The highest BCUT2D eigenvalue weighted by Crippen LogP contribution is 2.30. The van der Waals surface area contributed by atoms with Crippen molar-refractivity contribution in [2.45, 2.75) is 136 Å². The molecule has 0 saturated heterocycles. The van der Waals surface area contributed by atoms with E-state index in [-0.39, 0.29) is 0 Å². The summed E-state index contributed by atoms with van der Waals surface area (Å²) in [6, 6.07) is 18.6. The zero-order valence-corrected chi connectivity index (χ0v) is 31.6. The number of esters is 2. The van der Waals surface area contributed by atoms with Gasteiger partial charge in [0.05, 0.1) is 30.9 Å². The van der Waals surface area contributed by atoms with Gasteiger partial charge in [-0.25, -0.2) is 9.59 Å². The maximum absolute atomic E-state index is 13.1. The molecule has 0 fully saturated rings. The number of benzene rings is 3. The van der Waals surface area contributed by atoms with Gasteiger partial charge in [0.15, 0.2) is 11.5 Å². The van der Waals surface area contributed by atoms with Crippen LogP contribution in [0.4, 0.5) is 0 Å². The zero-order valence-electron chi connectivity index (χ0n) is 31.6. The summed E-state index contributed by atoms with van der Waals surface area (Å²) in [4.78, 5) is 25.8. The van der Waals surface area contributed by atoms with Crippen LogP contribution in [-0.2, 0) is 0 Å². The van der Waals surface area contributed by atoms with Crippen LogP contribution in [0.5, 0.6) is 28.7 Å². The minimum atomic E-state index is -0.513. The molecule has 280 valence electrons. The number of unbranched alkanes of at least 4 members (excludes halogenated alkanes) is 15. The van der Waals surface area contributed by atoms with E-state index in [1.54, 1.807) is 66.7 Å². The first-order chi connectivity index (χ1) is 25.0. The van der Waals surface area contributed by atoms with Gasteiger partial charge in [0.25, 0.3) is 0 Å². The summed E-state index contributed by atoms with van der Waals surface area (Å²) in [6.45, 7) is 8.45. The Hall–Kier alpha value is -4.00. The van der Waals surface area contributed by atoms with Gasteiger partial charge in [-0.3, -0.25) is 0 Å². The van der Waals surface area contributed by atoms with E-state index < -0.39 is 11.9 Å². The van der Waals surface area contributed by atoms with E-state index in [1.807, 2.05) is 0 Å². The van der Waals surface area contributed by atoms with Gasteiger partial charge in [-0.05, 0) is 86.0 Å². The summed E-state index contributed by atoms with van der Waals surface area (Å²) in [6.07, 6.45) is 21.6. The molecule has 0 amide bonds. The minimum absolute atomic E-state index is 0.335. The van der Waals surface area contributed by atoms with E-state index in [0.29, 0.717) is 53.9 Å². The van der Waals surface area contributed by atoms with Crippen molar-refractivity contribution in [2.75, 3.05) is 19.8 Å². The van der Waals surface area contributed by atoms with Crippen molar-refractivity contribution in [1.82, 2.24) is 0 Å². The van der Waals surface area contributed by atoms with E-state index in [1.165, 1.54) is 70.6 Å². The number of rotatable bonds is 28. The van der Waals surface area contributed by atoms with E-state index >= 15 is 0 Å². The highest BCUT2D eigenvalue weighted by atomic mass is 16.5. The number of carbonyl (C=O) groups is 2. The zero-order chi connectivity index (χ0) is 36.4. The fourth-order valence-corrected chi connectivity index (χ4v) is 5.66. The average molecular weight is 703 g/mol. The van der Waals surface area contributed by atoms with Crippen molar-refractivity contribution in [1.29, 1.82) is 0 Å². The molecule has 51 heavy (non-hydrogen) atoms. The second kappa shape index (κ2) is 25.9. The van der Waals surface area contributed by atoms with Gasteiger partial charge in [0, 0.05) is 0 Å². The number of hydrogen-bond acceptors (Lipinski definition) is 7. The predicted octanol–water partition coefficient (Wildman–Crippen LogP) is 12.3. The molecule has 0 spiro atoms. The fraction of sp³-hybridized carbons (Fsp3) is 0.545. The third kappa shape index (κ3) is 17.2. The maximum Gasteiger partial charge on any atom is 0.343 e. The van der Waals surface area contributed by atoms with Crippen molar-refractivity contribution in [2.24, 2.45) is 0 Å². The molecule has 0 aliphatic carbocycles. The van der Waals surface area contributed by atoms with Gasteiger partial charge >= 0.3 is 11.9 Å². The van der Waals surface area contributed by atoms with E-state index in [2.05, 4.69) is 20.8 Å². The largest absolute Gasteiger partial charge is 0.494 e. The average Bonchev–Trinajstić information content (AvgIpc) is 3.15. The molecule has 3 aromatic carbocycles. The van der Waals surface area contributed by atoms with Crippen LogP contribution in [0, 0.1) is 0 Å². The van der Waals surface area contributed by atoms with Crippen LogP contribution in [0.25, 0.3) is 0 Å². The Labute approximate surface area is 307 Å². The monoisotopic (exact) mass is 702 g/mol. The SMILES string of the molecule is CCCCCCCCCCCCOc1ccc(C(=O)Oc2ccc(OC(=O)c3ccc(OCCCCCC)c(OCCCCCC)c3)cc2)cc1.